The van der Waals surface area contributed by atoms with Crippen molar-refractivity contribution >= 4 is 17.1 Å². The fourth-order valence-electron chi connectivity index (χ4n) is 2.92. The third-order valence-electron chi connectivity index (χ3n) is 4.05. The number of carbonyl (C=O) groups is 1. The molecule has 1 N–H and O–H groups in total. The van der Waals surface area contributed by atoms with Gasteiger partial charge in [0, 0.05) is 12.3 Å². The molecule has 0 unspecified atom stereocenters. The standard InChI is InChI=1S/C16H19NO3/c18-15(19)9-7-11-6-8-14-13(10-11)17-16(20-14)12-4-2-1-3-5-12/h6,8,10,12H,1-5,7,9H2,(H,18,19). The lowest BCUT2D eigenvalue weighted by Gasteiger charge is -2.17. The summed E-state index contributed by atoms with van der Waals surface area (Å²) < 4.78 is 5.86. The van der Waals surface area contributed by atoms with Crippen LogP contribution in [0.1, 0.15) is 55.9 Å². The number of nitrogens with zero attached hydrogens (tertiary/aromatic N) is 1. The van der Waals surface area contributed by atoms with Crippen LogP contribution in [0.25, 0.3) is 11.1 Å². The predicted molar refractivity (Wildman–Crippen MR) is 75.8 cm³/mol. The zero-order valence-electron chi connectivity index (χ0n) is 11.5. The van der Waals surface area contributed by atoms with E-state index < -0.39 is 5.97 Å². The molecule has 0 aliphatic heterocycles. The highest BCUT2D eigenvalue weighted by Gasteiger charge is 2.20. The Morgan fingerprint density at radius 2 is 2.10 bits per heavy atom. The molecule has 106 valence electrons. The monoisotopic (exact) mass is 273 g/mol. The van der Waals surface area contributed by atoms with Gasteiger partial charge in [-0.05, 0) is 37.0 Å². The fraction of sp³-hybridized carbons (Fsp3) is 0.500. The van der Waals surface area contributed by atoms with E-state index in [1.807, 2.05) is 18.2 Å². The largest absolute Gasteiger partial charge is 0.481 e. The number of fused-ring (bicyclic) bond motifs is 1. The molecule has 0 bridgehead atoms. The summed E-state index contributed by atoms with van der Waals surface area (Å²) in [5, 5.41) is 8.73. The summed E-state index contributed by atoms with van der Waals surface area (Å²) in [5.41, 5.74) is 2.67. The van der Waals surface area contributed by atoms with Crippen molar-refractivity contribution in [2.45, 2.75) is 50.9 Å². The van der Waals surface area contributed by atoms with Crippen molar-refractivity contribution in [3.8, 4) is 0 Å². The Morgan fingerprint density at radius 1 is 1.30 bits per heavy atom. The van der Waals surface area contributed by atoms with Crippen molar-refractivity contribution in [2.24, 2.45) is 0 Å². The molecule has 1 aliphatic carbocycles. The van der Waals surface area contributed by atoms with Crippen LogP contribution in [0.2, 0.25) is 0 Å². The van der Waals surface area contributed by atoms with E-state index in [0.29, 0.717) is 12.3 Å². The number of aryl methyl sites for hydroxylation is 1. The summed E-state index contributed by atoms with van der Waals surface area (Å²) in [7, 11) is 0. The number of oxazole rings is 1. The Morgan fingerprint density at radius 3 is 2.85 bits per heavy atom. The van der Waals surface area contributed by atoms with Crippen LogP contribution in [0.4, 0.5) is 0 Å². The molecule has 3 rings (SSSR count). The van der Waals surface area contributed by atoms with Crippen molar-refractivity contribution in [1.82, 2.24) is 4.98 Å². The van der Waals surface area contributed by atoms with Gasteiger partial charge in [0.1, 0.15) is 5.52 Å². The maximum absolute atomic E-state index is 10.6. The molecule has 1 aromatic heterocycles. The van der Waals surface area contributed by atoms with Gasteiger partial charge in [-0.25, -0.2) is 4.98 Å². The van der Waals surface area contributed by atoms with Gasteiger partial charge in [-0.15, -0.1) is 0 Å². The molecule has 20 heavy (non-hydrogen) atoms. The molecule has 4 heteroatoms. The first kappa shape index (κ1) is 13.2. The second-order valence-electron chi connectivity index (χ2n) is 5.58. The Labute approximate surface area is 117 Å². The smallest absolute Gasteiger partial charge is 0.303 e. The van der Waals surface area contributed by atoms with E-state index in [4.69, 9.17) is 9.52 Å². The van der Waals surface area contributed by atoms with Gasteiger partial charge in [-0.1, -0.05) is 25.3 Å². The summed E-state index contributed by atoms with van der Waals surface area (Å²) in [4.78, 5) is 15.2. The first-order chi connectivity index (χ1) is 9.72. The minimum Gasteiger partial charge on any atom is -0.481 e. The quantitative estimate of drug-likeness (QED) is 0.917. The molecule has 0 amide bonds. The van der Waals surface area contributed by atoms with Gasteiger partial charge in [0.2, 0.25) is 0 Å². The SMILES string of the molecule is O=C(O)CCc1ccc2oc(C3CCCCC3)nc2c1. The summed E-state index contributed by atoms with van der Waals surface area (Å²) in [6.07, 6.45) is 6.85. The summed E-state index contributed by atoms with van der Waals surface area (Å²) >= 11 is 0. The topological polar surface area (TPSA) is 63.3 Å². The molecular formula is C16H19NO3. The summed E-state index contributed by atoms with van der Waals surface area (Å²) in [6, 6.07) is 5.79. The van der Waals surface area contributed by atoms with Gasteiger partial charge >= 0.3 is 5.97 Å². The Kier molecular flexibility index (Phi) is 3.72. The average Bonchev–Trinajstić information content (AvgIpc) is 2.89. The highest BCUT2D eigenvalue weighted by Crippen LogP contribution is 2.33. The molecule has 0 atom stereocenters. The van der Waals surface area contributed by atoms with Gasteiger partial charge in [-0.3, -0.25) is 4.79 Å². The molecule has 4 nitrogen and oxygen atoms in total. The van der Waals surface area contributed by atoms with Crippen molar-refractivity contribution < 1.29 is 14.3 Å². The Balaban J connectivity index is 1.81. The minimum atomic E-state index is -0.770. The number of aliphatic carboxylic acids is 1. The maximum atomic E-state index is 10.6. The number of benzene rings is 1. The number of hydrogen-bond acceptors (Lipinski definition) is 3. The van der Waals surface area contributed by atoms with Crippen LogP contribution in [0.3, 0.4) is 0 Å². The highest BCUT2D eigenvalue weighted by atomic mass is 16.4. The first-order valence-corrected chi connectivity index (χ1v) is 7.33. The second-order valence-corrected chi connectivity index (χ2v) is 5.58. The van der Waals surface area contributed by atoms with E-state index in [-0.39, 0.29) is 6.42 Å². The van der Waals surface area contributed by atoms with Crippen LogP contribution >= 0.6 is 0 Å². The van der Waals surface area contributed by atoms with Crippen molar-refractivity contribution in [1.29, 1.82) is 0 Å². The van der Waals surface area contributed by atoms with Gasteiger partial charge in [-0.2, -0.15) is 0 Å². The van der Waals surface area contributed by atoms with Crippen LogP contribution in [0.5, 0.6) is 0 Å². The van der Waals surface area contributed by atoms with Crippen LogP contribution in [-0.4, -0.2) is 16.1 Å². The van der Waals surface area contributed by atoms with Crippen LogP contribution in [0, 0.1) is 0 Å². The lowest BCUT2D eigenvalue weighted by atomic mass is 9.89. The number of carboxylic acids is 1. The van der Waals surface area contributed by atoms with Gasteiger partial charge < -0.3 is 9.52 Å². The second kappa shape index (κ2) is 5.65. The third-order valence-corrected chi connectivity index (χ3v) is 4.05. The predicted octanol–water partition coefficient (Wildman–Crippen LogP) is 3.89. The molecule has 0 spiro atoms. The zero-order valence-corrected chi connectivity index (χ0v) is 11.5. The number of aromatic nitrogens is 1. The van der Waals surface area contributed by atoms with Crippen molar-refractivity contribution in [2.75, 3.05) is 0 Å². The maximum Gasteiger partial charge on any atom is 0.303 e. The van der Waals surface area contributed by atoms with E-state index in [1.54, 1.807) is 0 Å². The molecule has 0 radical (unpaired) electrons. The molecule has 0 saturated heterocycles. The van der Waals surface area contributed by atoms with Gasteiger partial charge in [0.25, 0.3) is 0 Å². The molecular weight excluding hydrogens is 254 g/mol. The fourth-order valence-corrected chi connectivity index (χ4v) is 2.92. The van der Waals surface area contributed by atoms with E-state index in [0.717, 1.165) is 22.6 Å². The van der Waals surface area contributed by atoms with E-state index >= 15 is 0 Å². The van der Waals surface area contributed by atoms with Gasteiger partial charge in [0.15, 0.2) is 11.5 Å². The lowest BCUT2D eigenvalue weighted by Crippen LogP contribution is -2.04. The molecule has 1 saturated carbocycles. The molecule has 1 aliphatic rings. The molecule has 1 aromatic carbocycles. The van der Waals surface area contributed by atoms with E-state index in [9.17, 15) is 4.79 Å². The van der Waals surface area contributed by atoms with Gasteiger partial charge in [0.05, 0.1) is 0 Å². The van der Waals surface area contributed by atoms with E-state index in [2.05, 4.69) is 4.98 Å². The molecule has 1 fully saturated rings. The van der Waals surface area contributed by atoms with Crippen LogP contribution in [-0.2, 0) is 11.2 Å². The average molecular weight is 273 g/mol. The zero-order chi connectivity index (χ0) is 13.9. The van der Waals surface area contributed by atoms with Crippen LogP contribution in [0.15, 0.2) is 22.6 Å². The third kappa shape index (κ3) is 2.84. The summed E-state index contributed by atoms with van der Waals surface area (Å²) in [6.45, 7) is 0. The number of carboxylic acid groups (broad SMARTS) is 1. The minimum absolute atomic E-state index is 0.152. The first-order valence-electron chi connectivity index (χ1n) is 7.33. The number of hydrogen-bond donors (Lipinski definition) is 1. The highest BCUT2D eigenvalue weighted by molar-refractivity contribution is 5.74. The molecule has 1 heterocycles. The number of rotatable bonds is 4. The Hall–Kier alpha value is -1.84. The van der Waals surface area contributed by atoms with E-state index in [1.165, 1.54) is 32.1 Å². The normalized spacial score (nSPS) is 16.6. The van der Waals surface area contributed by atoms with Crippen molar-refractivity contribution in [3.63, 3.8) is 0 Å². The van der Waals surface area contributed by atoms with Crippen LogP contribution < -0.4 is 0 Å². The van der Waals surface area contributed by atoms with Crippen molar-refractivity contribution in [3.05, 3.63) is 29.7 Å². The molecule has 2 aromatic rings. The lowest BCUT2D eigenvalue weighted by molar-refractivity contribution is -0.136. The Bertz CT molecular complexity index is 611. The summed E-state index contributed by atoms with van der Waals surface area (Å²) in [5.74, 6) is 0.543.